The van der Waals surface area contributed by atoms with Crippen molar-refractivity contribution in [3.8, 4) is 0 Å². The molecule has 2 nitrogen and oxygen atoms in total. The maximum Gasteiger partial charge on any atom is 0.243 e. The van der Waals surface area contributed by atoms with Gasteiger partial charge in [0.15, 0.2) is 0 Å². The van der Waals surface area contributed by atoms with Crippen LogP contribution in [0.3, 0.4) is 0 Å². The Bertz CT molecular complexity index is 240. The molecule has 0 bridgehead atoms. The summed E-state index contributed by atoms with van der Waals surface area (Å²) in [7, 11) is 2.06. The Balaban J connectivity index is 2.20. The summed E-state index contributed by atoms with van der Waals surface area (Å²) in [6.07, 6.45) is 10.3. The zero-order valence-corrected chi connectivity index (χ0v) is 9.03. The fourth-order valence-electron chi connectivity index (χ4n) is 1.46. The number of rotatable bonds is 5. The number of hydrogen-bond donors (Lipinski definition) is 0. The molecule has 1 aromatic heterocycles. The van der Waals surface area contributed by atoms with Gasteiger partial charge in [0, 0.05) is 0 Å². The van der Waals surface area contributed by atoms with Crippen LogP contribution in [-0.2, 0) is 13.6 Å². The fourth-order valence-corrected chi connectivity index (χ4v) is 1.46. The highest BCUT2D eigenvalue weighted by Crippen LogP contribution is 2.09. The van der Waals surface area contributed by atoms with E-state index in [0.29, 0.717) is 0 Å². The largest absolute Gasteiger partial charge is 0.243 e. The van der Waals surface area contributed by atoms with E-state index in [1.165, 1.54) is 19.3 Å². The Morgan fingerprint density at radius 2 is 2.23 bits per heavy atom. The molecule has 2 heteroatoms. The summed E-state index contributed by atoms with van der Waals surface area (Å²) in [5, 5.41) is 0. The smallest absolute Gasteiger partial charge is 0.240 e. The van der Waals surface area contributed by atoms with Crippen molar-refractivity contribution in [2.24, 2.45) is 13.0 Å². The zero-order valence-electron chi connectivity index (χ0n) is 9.03. The van der Waals surface area contributed by atoms with Gasteiger partial charge in [-0.2, -0.15) is 0 Å². The van der Waals surface area contributed by atoms with E-state index in [4.69, 9.17) is 0 Å². The molecule has 0 aliphatic rings. The van der Waals surface area contributed by atoms with Gasteiger partial charge in [-0.3, -0.25) is 0 Å². The Hall–Kier alpha value is -0.790. The molecule has 0 saturated heterocycles. The lowest BCUT2D eigenvalue weighted by Crippen LogP contribution is -2.23. The third kappa shape index (κ3) is 3.62. The summed E-state index contributed by atoms with van der Waals surface area (Å²) in [5.74, 6) is 0.879. The van der Waals surface area contributed by atoms with Gasteiger partial charge < -0.3 is 0 Å². The minimum Gasteiger partial charge on any atom is -0.240 e. The van der Waals surface area contributed by atoms with Crippen LogP contribution in [0, 0.1) is 5.92 Å². The van der Waals surface area contributed by atoms with Crippen LogP contribution in [0.1, 0.15) is 33.1 Å². The number of imidazole rings is 1. The standard InChI is InChI=1S/C11H21N2/c1-4-11(2)6-5-7-13-9-8-12(3)10-13/h8-11H,4-7H2,1-3H3/q+1. The molecule has 0 fully saturated rings. The van der Waals surface area contributed by atoms with Crippen molar-refractivity contribution in [3.63, 3.8) is 0 Å². The van der Waals surface area contributed by atoms with Gasteiger partial charge in [-0.15, -0.1) is 0 Å². The second-order valence-electron chi connectivity index (χ2n) is 3.97. The molecule has 0 aliphatic carbocycles. The summed E-state index contributed by atoms with van der Waals surface area (Å²) >= 11 is 0. The molecule has 0 N–H and O–H groups in total. The average molecular weight is 181 g/mol. The molecule has 0 aromatic carbocycles. The topological polar surface area (TPSA) is 8.81 Å². The lowest BCUT2D eigenvalue weighted by atomic mass is 10.0. The Morgan fingerprint density at radius 1 is 1.46 bits per heavy atom. The molecule has 1 unspecified atom stereocenters. The van der Waals surface area contributed by atoms with Crippen molar-refractivity contribution in [1.82, 2.24) is 4.57 Å². The van der Waals surface area contributed by atoms with E-state index in [-0.39, 0.29) is 0 Å². The first-order valence-electron chi connectivity index (χ1n) is 5.23. The van der Waals surface area contributed by atoms with Gasteiger partial charge in [-0.25, -0.2) is 9.13 Å². The predicted molar refractivity (Wildman–Crippen MR) is 54.3 cm³/mol. The van der Waals surface area contributed by atoms with Gasteiger partial charge in [0.05, 0.1) is 13.6 Å². The first-order chi connectivity index (χ1) is 6.22. The molecule has 0 spiro atoms. The van der Waals surface area contributed by atoms with Gasteiger partial charge in [0.25, 0.3) is 0 Å². The lowest BCUT2D eigenvalue weighted by Gasteiger charge is -2.05. The van der Waals surface area contributed by atoms with E-state index in [1.807, 2.05) is 0 Å². The molecular weight excluding hydrogens is 160 g/mol. The van der Waals surface area contributed by atoms with Gasteiger partial charge in [-0.05, 0) is 18.8 Å². The fraction of sp³-hybridized carbons (Fsp3) is 0.727. The summed E-state index contributed by atoms with van der Waals surface area (Å²) < 4.78 is 4.34. The molecule has 0 radical (unpaired) electrons. The molecule has 0 saturated carbocycles. The summed E-state index contributed by atoms with van der Waals surface area (Å²) in [6, 6.07) is 0. The minimum absolute atomic E-state index is 0.879. The predicted octanol–water partition coefficient (Wildman–Crippen LogP) is 2.14. The molecule has 1 aromatic rings. The van der Waals surface area contributed by atoms with E-state index >= 15 is 0 Å². The van der Waals surface area contributed by atoms with Crippen LogP contribution < -0.4 is 4.57 Å². The highest BCUT2D eigenvalue weighted by Gasteiger charge is 2.02. The summed E-state index contributed by atoms with van der Waals surface area (Å²) in [4.78, 5) is 0. The van der Waals surface area contributed by atoms with Crippen molar-refractivity contribution in [2.75, 3.05) is 0 Å². The van der Waals surface area contributed by atoms with Gasteiger partial charge >= 0.3 is 0 Å². The van der Waals surface area contributed by atoms with E-state index < -0.39 is 0 Å². The van der Waals surface area contributed by atoms with E-state index in [0.717, 1.165) is 12.5 Å². The highest BCUT2D eigenvalue weighted by atomic mass is 15.1. The monoisotopic (exact) mass is 181 g/mol. The highest BCUT2D eigenvalue weighted by molar-refractivity contribution is 4.66. The molecule has 1 heterocycles. The quantitative estimate of drug-likeness (QED) is 0.615. The van der Waals surface area contributed by atoms with E-state index in [2.05, 4.69) is 48.8 Å². The third-order valence-electron chi connectivity index (χ3n) is 2.63. The van der Waals surface area contributed by atoms with Crippen LogP contribution in [0.2, 0.25) is 0 Å². The van der Waals surface area contributed by atoms with Gasteiger partial charge in [0.1, 0.15) is 12.4 Å². The van der Waals surface area contributed by atoms with Crippen molar-refractivity contribution >= 4 is 0 Å². The maximum absolute atomic E-state index is 2.33. The summed E-state index contributed by atoms with van der Waals surface area (Å²) in [6.45, 7) is 5.75. The first-order valence-corrected chi connectivity index (χ1v) is 5.23. The Labute approximate surface area is 81.2 Å². The number of aryl methyl sites for hydroxylation is 2. The molecular formula is C11H21N2+. The average Bonchev–Trinajstić information content (AvgIpc) is 2.51. The van der Waals surface area contributed by atoms with Crippen LogP contribution in [0.25, 0.3) is 0 Å². The summed E-state index contributed by atoms with van der Waals surface area (Å²) in [5.41, 5.74) is 0. The molecule has 0 aliphatic heterocycles. The molecule has 74 valence electrons. The second-order valence-corrected chi connectivity index (χ2v) is 3.97. The Kier molecular flexibility index (Phi) is 4.00. The van der Waals surface area contributed by atoms with Gasteiger partial charge in [0.2, 0.25) is 6.33 Å². The van der Waals surface area contributed by atoms with Crippen LogP contribution >= 0.6 is 0 Å². The minimum atomic E-state index is 0.879. The molecule has 0 amide bonds. The first kappa shape index (κ1) is 10.3. The zero-order chi connectivity index (χ0) is 9.68. The van der Waals surface area contributed by atoms with Crippen molar-refractivity contribution < 1.29 is 4.57 Å². The number of hydrogen-bond acceptors (Lipinski definition) is 0. The third-order valence-corrected chi connectivity index (χ3v) is 2.63. The van der Waals surface area contributed by atoms with Crippen LogP contribution in [0.4, 0.5) is 0 Å². The SMILES string of the molecule is CCC(C)CCCn1cc[n+](C)c1. The van der Waals surface area contributed by atoms with E-state index in [1.54, 1.807) is 0 Å². The normalized spacial score (nSPS) is 13.2. The van der Waals surface area contributed by atoms with Crippen LogP contribution in [0.5, 0.6) is 0 Å². The van der Waals surface area contributed by atoms with Gasteiger partial charge in [-0.1, -0.05) is 20.3 Å². The number of nitrogens with zero attached hydrogens (tertiary/aromatic N) is 2. The van der Waals surface area contributed by atoms with Crippen LogP contribution in [0.15, 0.2) is 18.7 Å². The number of aromatic nitrogens is 2. The second kappa shape index (κ2) is 5.05. The van der Waals surface area contributed by atoms with Crippen molar-refractivity contribution in [2.45, 2.75) is 39.7 Å². The molecule has 1 atom stereocenters. The molecule has 13 heavy (non-hydrogen) atoms. The van der Waals surface area contributed by atoms with Crippen LogP contribution in [-0.4, -0.2) is 4.57 Å². The Morgan fingerprint density at radius 3 is 2.77 bits per heavy atom. The van der Waals surface area contributed by atoms with Crippen molar-refractivity contribution in [3.05, 3.63) is 18.7 Å². The van der Waals surface area contributed by atoms with Crippen molar-refractivity contribution in [1.29, 1.82) is 0 Å². The lowest BCUT2D eigenvalue weighted by molar-refractivity contribution is -0.671. The van der Waals surface area contributed by atoms with E-state index in [9.17, 15) is 0 Å². The molecule has 1 rings (SSSR count). The maximum atomic E-state index is 2.33.